The van der Waals surface area contributed by atoms with Crippen LogP contribution < -0.4 is 10.6 Å². The van der Waals surface area contributed by atoms with Crippen LogP contribution in [0.15, 0.2) is 66.7 Å². The Kier molecular flexibility index (Phi) is 6.15. The number of thiocarbonyl (C=S) groups is 1. The Morgan fingerprint density at radius 2 is 1.63 bits per heavy atom. The number of halogens is 1. The molecule has 0 radical (unpaired) electrons. The summed E-state index contributed by atoms with van der Waals surface area (Å²) in [7, 11) is 0. The lowest BCUT2D eigenvalue weighted by atomic mass is 9.94. The average molecular weight is 395 g/mol. The fourth-order valence-electron chi connectivity index (χ4n) is 3.10. The maximum atomic E-state index is 6.23. The van der Waals surface area contributed by atoms with Gasteiger partial charge in [0.2, 0.25) is 0 Å². The monoisotopic (exact) mass is 394 g/mol. The van der Waals surface area contributed by atoms with Crippen LogP contribution in [-0.4, -0.2) is 5.11 Å². The summed E-state index contributed by atoms with van der Waals surface area (Å²) >= 11 is 11.8. The molecule has 0 bridgehead atoms. The fourth-order valence-corrected chi connectivity index (χ4v) is 3.52. The van der Waals surface area contributed by atoms with E-state index in [1.807, 2.05) is 43.3 Å². The molecule has 2 nitrogen and oxygen atoms in total. The second-order valence-corrected chi connectivity index (χ2v) is 7.58. The van der Waals surface area contributed by atoms with Crippen LogP contribution in [0, 0.1) is 20.8 Å². The van der Waals surface area contributed by atoms with Crippen LogP contribution in [0.5, 0.6) is 0 Å². The van der Waals surface area contributed by atoms with Gasteiger partial charge < -0.3 is 10.6 Å². The summed E-state index contributed by atoms with van der Waals surface area (Å²) in [6, 6.07) is 22.6. The van der Waals surface area contributed by atoms with Gasteiger partial charge in [0.1, 0.15) is 0 Å². The van der Waals surface area contributed by atoms with Gasteiger partial charge in [-0.3, -0.25) is 0 Å². The van der Waals surface area contributed by atoms with Crippen molar-refractivity contribution in [1.82, 2.24) is 5.32 Å². The van der Waals surface area contributed by atoms with Crippen LogP contribution >= 0.6 is 23.8 Å². The summed E-state index contributed by atoms with van der Waals surface area (Å²) in [5.74, 6) is 0. The smallest absolute Gasteiger partial charge is 0.171 e. The lowest BCUT2D eigenvalue weighted by molar-refractivity contribution is 0.762. The zero-order valence-corrected chi connectivity index (χ0v) is 17.3. The molecular formula is C23H23ClN2S. The van der Waals surface area contributed by atoms with Crippen molar-refractivity contribution in [3.63, 3.8) is 0 Å². The molecule has 0 aromatic heterocycles. The van der Waals surface area contributed by atoms with Crippen LogP contribution in [0.25, 0.3) is 0 Å². The van der Waals surface area contributed by atoms with Crippen LogP contribution in [0.3, 0.4) is 0 Å². The van der Waals surface area contributed by atoms with E-state index in [4.69, 9.17) is 23.8 Å². The van der Waals surface area contributed by atoms with Gasteiger partial charge in [0, 0.05) is 10.7 Å². The molecule has 3 rings (SSSR count). The fraction of sp³-hybridized carbons (Fsp3) is 0.174. The maximum absolute atomic E-state index is 6.23. The van der Waals surface area contributed by atoms with Gasteiger partial charge in [-0.25, -0.2) is 0 Å². The summed E-state index contributed by atoms with van der Waals surface area (Å²) in [6.07, 6.45) is 0. The van der Waals surface area contributed by atoms with Crippen LogP contribution in [0.4, 0.5) is 5.69 Å². The number of benzene rings is 3. The van der Waals surface area contributed by atoms with Crippen molar-refractivity contribution in [2.45, 2.75) is 26.8 Å². The molecule has 27 heavy (non-hydrogen) atoms. The third kappa shape index (κ3) is 4.88. The van der Waals surface area contributed by atoms with E-state index in [1.54, 1.807) is 0 Å². The first-order valence-corrected chi connectivity index (χ1v) is 9.68. The predicted octanol–water partition coefficient (Wildman–Crippen LogP) is 6.34. The molecule has 0 amide bonds. The average Bonchev–Trinajstić information content (AvgIpc) is 2.64. The largest absolute Gasteiger partial charge is 0.352 e. The molecular weight excluding hydrogens is 372 g/mol. The summed E-state index contributed by atoms with van der Waals surface area (Å²) in [6.45, 7) is 6.22. The minimum Gasteiger partial charge on any atom is -0.352 e. The Morgan fingerprint density at radius 1 is 0.889 bits per heavy atom. The van der Waals surface area contributed by atoms with Crippen molar-refractivity contribution < 1.29 is 0 Å². The minimum absolute atomic E-state index is 0.0345. The number of nitrogens with one attached hydrogen (secondary N) is 2. The lowest BCUT2D eigenvalue weighted by Gasteiger charge is -2.24. The van der Waals surface area contributed by atoms with Crippen LogP contribution in [0.2, 0.25) is 5.02 Å². The molecule has 0 fully saturated rings. The van der Waals surface area contributed by atoms with Gasteiger partial charge in [0.25, 0.3) is 0 Å². The van der Waals surface area contributed by atoms with Gasteiger partial charge in [-0.05, 0) is 67.4 Å². The molecule has 0 saturated carbocycles. The van der Waals surface area contributed by atoms with Gasteiger partial charge in [-0.2, -0.15) is 0 Å². The molecule has 0 aliphatic rings. The first kappa shape index (κ1) is 19.4. The maximum Gasteiger partial charge on any atom is 0.171 e. The zero-order valence-electron chi connectivity index (χ0n) is 15.7. The molecule has 1 atom stereocenters. The third-order valence-electron chi connectivity index (χ3n) is 4.57. The van der Waals surface area contributed by atoms with E-state index in [1.165, 1.54) is 16.7 Å². The molecule has 3 aromatic rings. The number of anilines is 1. The minimum atomic E-state index is -0.0345. The molecule has 0 saturated heterocycles. The Balaban J connectivity index is 1.87. The van der Waals surface area contributed by atoms with Crippen molar-refractivity contribution in [1.29, 1.82) is 0 Å². The zero-order chi connectivity index (χ0) is 19.4. The predicted molar refractivity (Wildman–Crippen MR) is 120 cm³/mol. The van der Waals surface area contributed by atoms with E-state index in [0.717, 1.165) is 21.8 Å². The molecule has 3 aromatic carbocycles. The summed E-state index contributed by atoms with van der Waals surface area (Å²) < 4.78 is 0. The molecule has 4 heteroatoms. The summed E-state index contributed by atoms with van der Waals surface area (Å²) in [5, 5.41) is 7.99. The van der Waals surface area contributed by atoms with E-state index in [2.05, 4.69) is 54.8 Å². The van der Waals surface area contributed by atoms with Crippen molar-refractivity contribution in [2.75, 3.05) is 5.32 Å². The van der Waals surface area contributed by atoms with E-state index in [9.17, 15) is 0 Å². The second-order valence-electron chi connectivity index (χ2n) is 6.77. The molecule has 0 aliphatic heterocycles. The molecule has 2 N–H and O–H groups in total. The first-order valence-electron chi connectivity index (χ1n) is 8.90. The highest BCUT2D eigenvalue weighted by molar-refractivity contribution is 7.80. The van der Waals surface area contributed by atoms with E-state index >= 15 is 0 Å². The van der Waals surface area contributed by atoms with Gasteiger partial charge in [-0.15, -0.1) is 0 Å². The summed E-state index contributed by atoms with van der Waals surface area (Å²) in [5.41, 5.74) is 6.76. The third-order valence-corrected chi connectivity index (χ3v) is 5.20. The number of hydrogen-bond acceptors (Lipinski definition) is 1. The van der Waals surface area contributed by atoms with E-state index in [-0.39, 0.29) is 6.04 Å². The quantitative estimate of drug-likeness (QED) is 0.505. The molecule has 0 aliphatic carbocycles. The molecule has 0 heterocycles. The number of aryl methyl sites for hydroxylation is 3. The Morgan fingerprint density at radius 3 is 2.30 bits per heavy atom. The molecule has 138 valence electrons. The van der Waals surface area contributed by atoms with Gasteiger partial charge >= 0.3 is 0 Å². The second kappa shape index (κ2) is 8.55. The Labute approximate surface area is 171 Å². The SMILES string of the molecule is Cc1ccc(C(NC(=S)Nc2ccc(C)c(Cl)c2)c2ccccc2)c(C)c1. The van der Waals surface area contributed by atoms with E-state index in [0.29, 0.717) is 5.11 Å². The van der Waals surface area contributed by atoms with Gasteiger partial charge in [0.15, 0.2) is 5.11 Å². The van der Waals surface area contributed by atoms with Crippen molar-refractivity contribution in [3.05, 3.63) is 99.6 Å². The van der Waals surface area contributed by atoms with Crippen LogP contribution in [0.1, 0.15) is 33.9 Å². The summed E-state index contributed by atoms with van der Waals surface area (Å²) in [4.78, 5) is 0. The van der Waals surface area contributed by atoms with Crippen molar-refractivity contribution in [3.8, 4) is 0 Å². The Hall–Kier alpha value is -2.36. The highest BCUT2D eigenvalue weighted by atomic mass is 35.5. The van der Waals surface area contributed by atoms with Gasteiger partial charge in [0.05, 0.1) is 6.04 Å². The normalized spacial score (nSPS) is 11.7. The number of hydrogen-bond donors (Lipinski definition) is 2. The van der Waals surface area contributed by atoms with Crippen molar-refractivity contribution >= 4 is 34.6 Å². The van der Waals surface area contributed by atoms with Crippen LogP contribution in [-0.2, 0) is 0 Å². The lowest BCUT2D eigenvalue weighted by Crippen LogP contribution is -2.33. The van der Waals surface area contributed by atoms with Crippen molar-refractivity contribution in [2.24, 2.45) is 0 Å². The standard InChI is InChI=1S/C23H23ClN2S/c1-15-9-12-20(17(3)13-15)22(18-7-5-4-6-8-18)26-23(27)25-19-11-10-16(2)21(24)14-19/h4-14,22H,1-3H3,(H2,25,26,27). The Bertz CT molecular complexity index is 954. The highest BCUT2D eigenvalue weighted by Gasteiger charge is 2.17. The van der Waals surface area contributed by atoms with E-state index < -0.39 is 0 Å². The van der Waals surface area contributed by atoms with Gasteiger partial charge in [-0.1, -0.05) is 71.8 Å². The molecule has 1 unspecified atom stereocenters. The first-order chi connectivity index (χ1) is 12.9. The highest BCUT2D eigenvalue weighted by Crippen LogP contribution is 2.26. The number of rotatable bonds is 4. The molecule has 0 spiro atoms. The topological polar surface area (TPSA) is 24.1 Å².